The highest BCUT2D eigenvalue weighted by Crippen LogP contribution is 2.30. The fourth-order valence-electron chi connectivity index (χ4n) is 4.09. The largest absolute Gasteiger partial charge is 0.491 e. The topological polar surface area (TPSA) is 133 Å². The lowest BCUT2D eigenvalue weighted by atomic mass is 10.1. The number of halogens is 1. The maximum Gasteiger partial charge on any atom is 0.316 e. The maximum atomic E-state index is 13.6. The van der Waals surface area contributed by atoms with Gasteiger partial charge < -0.3 is 24.9 Å². The van der Waals surface area contributed by atoms with E-state index in [0.29, 0.717) is 52.3 Å². The molecule has 2 unspecified atom stereocenters. The molecular formula is C25H24ClN5O5S. The molecule has 37 heavy (non-hydrogen) atoms. The molecule has 2 aromatic heterocycles. The van der Waals surface area contributed by atoms with Crippen LogP contribution in [0.4, 0.5) is 0 Å². The van der Waals surface area contributed by atoms with E-state index in [1.165, 1.54) is 7.11 Å². The molecule has 3 heterocycles. The second-order valence-electron chi connectivity index (χ2n) is 8.31. The van der Waals surface area contributed by atoms with Gasteiger partial charge in [-0.15, -0.1) is 0 Å². The van der Waals surface area contributed by atoms with Crippen LogP contribution in [0, 0.1) is 0 Å². The minimum absolute atomic E-state index is 0.106. The van der Waals surface area contributed by atoms with Crippen LogP contribution in [-0.4, -0.2) is 68.9 Å². The number of carbonyl (C=O) groups excluding carboxylic acids is 1. The summed E-state index contributed by atoms with van der Waals surface area (Å²) in [7, 11) is -0.157. The second-order valence-corrected chi connectivity index (χ2v) is 10.2. The summed E-state index contributed by atoms with van der Waals surface area (Å²) >= 11 is 6.16. The van der Waals surface area contributed by atoms with Gasteiger partial charge in [-0.2, -0.15) is 0 Å². The van der Waals surface area contributed by atoms with E-state index in [4.69, 9.17) is 31.5 Å². The first kappa shape index (κ1) is 25.2. The van der Waals surface area contributed by atoms with Crippen molar-refractivity contribution in [3.63, 3.8) is 0 Å². The molecule has 1 amide bonds. The van der Waals surface area contributed by atoms with E-state index in [-0.39, 0.29) is 18.4 Å². The molecule has 2 atom stereocenters. The number of fused-ring (bicyclic) bond motifs is 1. The van der Waals surface area contributed by atoms with Gasteiger partial charge in [0.25, 0.3) is 5.91 Å². The Morgan fingerprint density at radius 2 is 2.05 bits per heavy atom. The van der Waals surface area contributed by atoms with Gasteiger partial charge >= 0.3 is 6.01 Å². The third kappa shape index (κ3) is 5.44. The summed E-state index contributed by atoms with van der Waals surface area (Å²) in [6, 6.07) is 12.9. The molecule has 10 nitrogen and oxygen atoms in total. The highest BCUT2D eigenvalue weighted by atomic mass is 35.5. The van der Waals surface area contributed by atoms with E-state index < -0.39 is 16.9 Å². The van der Waals surface area contributed by atoms with E-state index in [9.17, 15) is 9.00 Å². The lowest BCUT2D eigenvalue weighted by Crippen LogP contribution is -2.45. The number of rotatable bonds is 8. The van der Waals surface area contributed by atoms with Gasteiger partial charge in [0.05, 0.1) is 18.6 Å². The number of hydrogen-bond acceptors (Lipinski definition) is 7. The molecule has 1 saturated heterocycles. The summed E-state index contributed by atoms with van der Waals surface area (Å²) in [5.41, 5.74) is 8.04. The van der Waals surface area contributed by atoms with Gasteiger partial charge in [0, 0.05) is 47.0 Å². The molecule has 0 radical (unpaired) electrons. The van der Waals surface area contributed by atoms with Crippen LogP contribution in [0.1, 0.15) is 10.5 Å². The molecule has 1 aliphatic rings. The molecule has 5 rings (SSSR count). The van der Waals surface area contributed by atoms with Crippen molar-refractivity contribution in [2.45, 2.75) is 11.0 Å². The van der Waals surface area contributed by atoms with E-state index in [1.807, 2.05) is 24.3 Å². The van der Waals surface area contributed by atoms with E-state index >= 15 is 0 Å². The van der Waals surface area contributed by atoms with Crippen LogP contribution < -0.4 is 15.2 Å². The second kappa shape index (κ2) is 10.9. The van der Waals surface area contributed by atoms with Crippen LogP contribution in [0.2, 0.25) is 5.02 Å². The third-order valence-electron chi connectivity index (χ3n) is 5.88. The molecule has 2 aromatic carbocycles. The number of morpholine rings is 1. The molecule has 12 heteroatoms. The zero-order valence-corrected chi connectivity index (χ0v) is 21.4. The molecule has 1 aliphatic heterocycles. The Bertz CT molecular complexity index is 1460. The average Bonchev–Trinajstić information content (AvgIpc) is 3.31. The van der Waals surface area contributed by atoms with Gasteiger partial charge in [0.15, 0.2) is 0 Å². The van der Waals surface area contributed by atoms with E-state index in [0.717, 1.165) is 11.1 Å². The number of primary amides is 1. The number of aromatic nitrogens is 3. The molecule has 0 spiro atoms. The fourth-order valence-corrected chi connectivity index (χ4v) is 5.75. The SMILES string of the molecule is COc1ncc(-c2cccc(OCC3CN(S(=O)c4c(C(N)=O)[nH]c5ccc(Cl)cc45)CCO3)c2)cn1. The first-order valence-electron chi connectivity index (χ1n) is 11.4. The Labute approximate surface area is 220 Å². The smallest absolute Gasteiger partial charge is 0.316 e. The number of hydrogen-bond donors (Lipinski definition) is 2. The fraction of sp³-hybridized carbons (Fsp3) is 0.240. The van der Waals surface area contributed by atoms with Crippen LogP contribution >= 0.6 is 11.6 Å². The quantitative estimate of drug-likeness (QED) is 0.350. The van der Waals surface area contributed by atoms with Crippen molar-refractivity contribution in [2.24, 2.45) is 5.73 Å². The molecule has 3 N–H and O–H groups in total. The van der Waals surface area contributed by atoms with E-state index in [2.05, 4.69) is 15.0 Å². The van der Waals surface area contributed by atoms with Crippen molar-refractivity contribution >= 4 is 39.4 Å². The normalized spacial score (nSPS) is 17.0. The summed E-state index contributed by atoms with van der Waals surface area (Å²) < 4.78 is 32.3. The summed E-state index contributed by atoms with van der Waals surface area (Å²) in [5, 5.41) is 1.07. The van der Waals surface area contributed by atoms with Crippen LogP contribution in [-0.2, 0) is 15.7 Å². The Morgan fingerprint density at radius 1 is 1.24 bits per heavy atom. The first-order chi connectivity index (χ1) is 17.9. The van der Waals surface area contributed by atoms with Crippen molar-refractivity contribution in [2.75, 3.05) is 33.4 Å². The maximum absolute atomic E-state index is 13.6. The van der Waals surface area contributed by atoms with Crippen molar-refractivity contribution in [1.29, 1.82) is 0 Å². The molecule has 0 saturated carbocycles. The Morgan fingerprint density at radius 3 is 2.81 bits per heavy atom. The van der Waals surface area contributed by atoms with Gasteiger partial charge in [0.2, 0.25) is 0 Å². The third-order valence-corrected chi connectivity index (χ3v) is 7.69. The number of H-pyrrole nitrogens is 1. The van der Waals surface area contributed by atoms with Crippen molar-refractivity contribution in [3.8, 4) is 22.9 Å². The first-order valence-corrected chi connectivity index (χ1v) is 12.9. The monoisotopic (exact) mass is 541 g/mol. The molecule has 0 aliphatic carbocycles. The molecule has 4 aromatic rings. The predicted molar refractivity (Wildman–Crippen MR) is 139 cm³/mol. The number of nitrogens with two attached hydrogens (primary N) is 1. The predicted octanol–water partition coefficient (Wildman–Crippen LogP) is 3.19. The van der Waals surface area contributed by atoms with Crippen LogP contribution in [0.15, 0.2) is 59.8 Å². The summed E-state index contributed by atoms with van der Waals surface area (Å²) in [4.78, 5) is 23.7. The molecular weight excluding hydrogens is 518 g/mol. The van der Waals surface area contributed by atoms with Gasteiger partial charge in [0.1, 0.15) is 35.1 Å². The van der Waals surface area contributed by atoms with Crippen molar-refractivity contribution < 1.29 is 23.2 Å². The minimum atomic E-state index is -1.67. The highest BCUT2D eigenvalue weighted by Gasteiger charge is 2.30. The number of nitrogens with zero attached hydrogens (tertiary/aromatic N) is 3. The summed E-state index contributed by atoms with van der Waals surface area (Å²) in [6.07, 6.45) is 3.03. The lowest BCUT2D eigenvalue weighted by Gasteiger charge is -2.31. The number of carbonyl (C=O) groups is 1. The number of amides is 1. The molecule has 192 valence electrons. The number of aromatic amines is 1. The highest BCUT2D eigenvalue weighted by molar-refractivity contribution is 7.83. The summed E-state index contributed by atoms with van der Waals surface area (Å²) in [6.45, 7) is 1.36. The number of benzene rings is 2. The zero-order valence-electron chi connectivity index (χ0n) is 19.8. The summed E-state index contributed by atoms with van der Waals surface area (Å²) in [5.74, 6) is -0.0385. The van der Waals surface area contributed by atoms with Crippen molar-refractivity contribution in [1.82, 2.24) is 19.3 Å². The standard InChI is InChI=1S/C25H24ClN5O5S/c1-34-25-28-11-16(12-29-25)15-3-2-4-18(9-15)36-14-19-13-31(7-8-35-19)37(33)23-20-10-17(26)5-6-21(20)30-22(23)24(27)32/h2-6,9-12,19,30H,7-8,13-14H2,1H3,(H2,27,32). The number of nitrogens with one attached hydrogen (secondary N) is 1. The molecule has 1 fully saturated rings. The average molecular weight is 542 g/mol. The zero-order chi connectivity index (χ0) is 25.9. The van der Waals surface area contributed by atoms with Gasteiger partial charge in [-0.3, -0.25) is 4.79 Å². The van der Waals surface area contributed by atoms with Crippen LogP contribution in [0.5, 0.6) is 11.8 Å². The van der Waals surface area contributed by atoms with Gasteiger partial charge in [-0.05, 0) is 35.9 Å². The Kier molecular flexibility index (Phi) is 7.38. The van der Waals surface area contributed by atoms with Gasteiger partial charge in [-0.25, -0.2) is 18.5 Å². The number of ether oxygens (including phenoxy) is 3. The minimum Gasteiger partial charge on any atom is -0.491 e. The van der Waals surface area contributed by atoms with Gasteiger partial charge in [-0.1, -0.05) is 23.7 Å². The van der Waals surface area contributed by atoms with Crippen molar-refractivity contribution in [3.05, 3.63) is 65.6 Å². The Balaban J connectivity index is 1.29. The van der Waals surface area contributed by atoms with Crippen LogP contribution in [0.25, 0.3) is 22.0 Å². The van der Waals surface area contributed by atoms with E-state index in [1.54, 1.807) is 34.9 Å². The lowest BCUT2D eigenvalue weighted by molar-refractivity contribution is -0.0237. The van der Waals surface area contributed by atoms with Crippen LogP contribution in [0.3, 0.4) is 0 Å². The number of methoxy groups -OCH3 is 1. The Hall–Kier alpha value is -3.51. The molecule has 0 bridgehead atoms.